The molecule has 0 bridgehead atoms. The Kier molecular flexibility index (Phi) is 8.48. The van der Waals surface area contributed by atoms with Crippen LogP contribution < -0.4 is 21.1 Å². The number of hydrogen-bond acceptors (Lipinski definition) is 10. The Morgan fingerprint density at radius 3 is 2.62 bits per heavy atom. The number of ether oxygens (including phenoxy) is 2. The number of nitrogens with zero attached hydrogens (tertiary/aromatic N) is 3. The highest BCUT2D eigenvalue weighted by Gasteiger charge is 2.25. The molecule has 2 aromatic carbocycles. The zero-order valence-corrected chi connectivity index (χ0v) is 23.6. The molecule has 0 saturated carbocycles. The van der Waals surface area contributed by atoms with Gasteiger partial charge in [-0.05, 0) is 51.1 Å². The number of nitrogen functional groups attached to an aromatic ring is 1. The molecule has 4 rings (SSSR count). The van der Waals surface area contributed by atoms with E-state index < -0.39 is 15.1 Å². The number of benzene rings is 2. The van der Waals surface area contributed by atoms with Crippen LogP contribution in [0.25, 0.3) is 0 Å². The van der Waals surface area contributed by atoms with Crippen molar-refractivity contribution in [2.45, 2.75) is 37.0 Å². The molecule has 1 amide bonds. The molecule has 0 aliphatic carbocycles. The lowest BCUT2D eigenvalue weighted by molar-refractivity contribution is -0.0124. The molecule has 11 nitrogen and oxygen atoms in total. The van der Waals surface area contributed by atoms with Gasteiger partial charge in [-0.25, -0.2) is 8.42 Å². The number of morpholine rings is 1. The van der Waals surface area contributed by atoms with E-state index in [0.29, 0.717) is 42.4 Å². The van der Waals surface area contributed by atoms with Gasteiger partial charge in [0, 0.05) is 18.7 Å². The smallest absolute Gasteiger partial charge is 0.254 e. The minimum atomic E-state index is -3.59. The second-order valence-electron chi connectivity index (χ2n) is 9.28. The third-order valence-electron chi connectivity index (χ3n) is 6.17. The summed E-state index contributed by atoms with van der Waals surface area (Å²) in [5, 5.41) is 5.44. The van der Waals surface area contributed by atoms with Crippen LogP contribution in [0.4, 0.5) is 29.0 Å². The Labute approximate surface area is 232 Å². The van der Waals surface area contributed by atoms with E-state index >= 15 is 0 Å². The number of nitrogens with two attached hydrogens (primary N) is 1. The average Bonchev–Trinajstić information content (AvgIpc) is 2.91. The summed E-state index contributed by atoms with van der Waals surface area (Å²) < 4.78 is 36.8. The summed E-state index contributed by atoms with van der Waals surface area (Å²) in [5.74, 6) is 0.451. The van der Waals surface area contributed by atoms with Crippen LogP contribution in [0, 0.1) is 0 Å². The van der Waals surface area contributed by atoms with Gasteiger partial charge in [0.05, 0.1) is 41.3 Å². The number of methoxy groups -OCH3 is 1. The average molecular weight is 575 g/mol. The van der Waals surface area contributed by atoms with E-state index in [9.17, 15) is 13.2 Å². The van der Waals surface area contributed by atoms with Gasteiger partial charge in [-0.1, -0.05) is 23.7 Å². The molecule has 4 N–H and O–H groups in total. The monoisotopic (exact) mass is 574 g/mol. The van der Waals surface area contributed by atoms with Crippen LogP contribution in [0.15, 0.2) is 47.4 Å². The highest BCUT2D eigenvalue weighted by atomic mass is 35.5. The molecule has 1 aliphatic rings. The minimum absolute atomic E-state index is 0.0203. The van der Waals surface area contributed by atoms with E-state index in [1.807, 2.05) is 6.92 Å². The number of sulfone groups is 1. The van der Waals surface area contributed by atoms with Crippen molar-refractivity contribution in [2.75, 3.05) is 43.2 Å². The molecule has 39 heavy (non-hydrogen) atoms. The summed E-state index contributed by atoms with van der Waals surface area (Å²) in [7, 11) is -2.10. The number of aromatic nitrogens is 2. The molecule has 1 aliphatic heterocycles. The zero-order chi connectivity index (χ0) is 28.3. The van der Waals surface area contributed by atoms with Crippen molar-refractivity contribution in [3.63, 3.8) is 0 Å². The number of halogens is 1. The number of carbonyl (C=O) groups excluding carboxylic acids is 1. The molecule has 13 heteroatoms. The maximum atomic E-state index is 13.0. The van der Waals surface area contributed by atoms with E-state index in [1.165, 1.54) is 13.2 Å². The lowest BCUT2D eigenvalue weighted by atomic mass is 10.1. The minimum Gasteiger partial charge on any atom is -0.495 e. The van der Waals surface area contributed by atoms with Gasteiger partial charge in [0.2, 0.25) is 5.95 Å². The summed E-state index contributed by atoms with van der Waals surface area (Å²) in [5.41, 5.74) is 7.31. The van der Waals surface area contributed by atoms with Gasteiger partial charge in [0.25, 0.3) is 5.91 Å². The number of anilines is 5. The first-order valence-electron chi connectivity index (χ1n) is 12.3. The van der Waals surface area contributed by atoms with E-state index in [-0.39, 0.29) is 39.5 Å². The predicted molar refractivity (Wildman–Crippen MR) is 151 cm³/mol. The molecule has 3 aromatic rings. The van der Waals surface area contributed by atoms with Crippen molar-refractivity contribution in [1.29, 1.82) is 0 Å². The first-order valence-corrected chi connectivity index (χ1v) is 14.2. The fraction of sp³-hybridized carbons (Fsp3) is 0.346. The Morgan fingerprint density at radius 2 is 1.92 bits per heavy atom. The summed E-state index contributed by atoms with van der Waals surface area (Å²) in [6.45, 7) is 6.66. The first kappa shape index (κ1) is 28.4. The van der Waals surface area contributed by atoms with Crippen LogP contribution in [0.2, 0.25) is 5.02 Å². The molecule has 1 aromatic heterocycles. The highest BCUT2D eigenvalue weighted by Crippen LogP contribution is 2.34. The summed E-state index contributed by atoms with van der Waals surface area (Å²) in [4.78, 5) is 23.5. The van der Waals surface area contributed by atoms with Crippen LogP contribution in [-0.4, -0.2) is 67.4 Å². The number of amides is 1. The molecule has 208 valence electrons. The molecule has 1 saturated heterocycles. The number of carbonyl (C=O) groups is 1. The molecule has 2 heterocycles. The van der Waals surface area contributed by atoms with Crippen LogP contribution >= 0.6 is 11.6 Å². The summed E-state index contributed by atoms with van der Waals surface area (Å²) in [6.07, 6.45) is -0.0294. The second kappa shape index (κ2) is 11.6. The number of para-hydroxylation sites is 1. The van der Waals surface area contributed by atoms with Gasteiger partial charge in [-0.2, -0.15) is 9.97 Å². The third kappa shape index (κ3) is 6.18. The Balaban J connectivity index is 1.62. The quantitative estimate of drug-likeness (QED) is 0.356. The largest absolute Gasteiger partial charge is 0.495 e. The SMILES string of the molecule is COc1cc(C(=O)N2CCOC(C)C2)ccc1Nc1nc(N)c(Cl)c(Nc2ccccc2S(=O)(=O)C(C)C)n1. The Hall–Kier alpha value is -3.61. The van der Waals surface area contributed by atoms with Crippen molar-refractivity contribution in [3.05, 3.63) is 53.1 Å². The maximum Gasteiger partial charge on any atom is 0.254 e. The van der Waals surface area contributed by atoms with Gasteiger partial charge >= 0.3 is 0 Å². The van der Waals surface area contributed by atoms with Crippen molar-refractivity contribution in [1.82, 2.24) is 14.9 Å². The zero-order valence-electron chi connectivity index (χ0n) is 22.1. The van der Waals surface area contributed by atoms with Gasteiger partial charge in [0.1, 0.15) is 16.6 Å². The lowest BCUT2D eigenvalue weighted by Crippen LogP contribution is -2.44. The van der Waals surface area contributed by atoms with Gasteiger partial charge in [-0.3, -0.25) is 4.79 Å². The van der Waals surface area contributed by atoms with Gasteiger partial charge in [0.15, 0.2) is 15.7 Å². The third-order valence-corrected chi connectivity index (χ3v) is 8.75. The summed E-state index contributed by atoms with van der Waals surface area (Å²) >= 11 is 6.38. The molecular weight excluding hydrogens is 544 g/mol. The normalized spacial score (nSPS) is 15.7. The number of rotatable bonds is 8. The van der Waals surface area contributed by atoms with Crippen LogP contribution in [0.5, 0.6) is 5.75 Å². The molecule has 1 unspecified atom stereocenters. The van der Waals surface area contributed by atoms with Gasteiger partial charge in [-0.15, -0.1) is 0 Å². The van der Waals surface area contributed by atoms with E-state index in [0.717, 1.165) is 0 Å². The van der Waals surface area contributed by atoms with Crippen molar-refractivity contribution in [2.24, 2.45) is 0 Å². The van der Waals surface area contributed by atoms with Crippen molar-refractivity contribution >= 4 is 56.3 Å². The fourth-order valence-corrected chi connectivity index (χ4v) is 5.37. The first-order chi connectivity index (χ1) is 18.5. The topological polar surface area (TPSA) is 149 Å². The molecular formula is C26H31ClN6O5S. The lowest BCUT2D eigenvalue weighted by Gasteiger charge is -2.31. The second-order valence-corrected chi connectivity index (χ2v) is 12.1. The van der Waals surface area contributed by atoms with Gasteiger partial charge < -0.3 is 30.7 Å². The molecule has 1 fully saturated rings. The molecule has 0 radical (unpaired) electrons. The molecule has 0 spiro atoms. The van der Waals surface area contributed by atoms with Crippen LogP contribution in [0.1, 0.15) is 31.1 Å². The maximum absolute atomic E-state index is 13.0. The van der Waals surface area contributed by atoms with E-state index in [1.54, 1.807) is 55.1 Å². The highest BCUT2D eigenvalue weighted by molar-refractivity contribution is 7.92. The molecule has 1 atom stereocenters. The van der Waals surface area contributed by atoms with Crippen molar-refractivity contribution in [3.8, 4) is 5.75 Å². The van der Waals surface area contributed by atoms with Crippen LogP contribution in [-0.2, 0) is 14.6 Å². The van der Waals surface area contributed by atoms with E-state index in [2.05, 4.69) is 20.6 Å². The van der Waals surface area contributed by atoms with E-state index in [4.69, 9.17) is 26.8 Å². The predicted octanol–water partition coefficient (Wildman–Crippen LogP) is 4.25. The standard InChI is InChI=1S/C26H31ClN6O5S/c1-15(2)39(35,36)21-8-6-5-7-19(21)29-24-22(27)23(28)31-26(32-24)30-18-10-9-17(13-20(18)37-4)25(34)33-11-12-38-16(3)14-33/h5-10,13,15-16H,11-12,14H2,1-4H3,(H4,28,29,30,31,32). The number of hydrogen-bond donors (Lipinski definition) is 3. The Morgan fingerprint density at radius 1 is 1.18 bits per heavy atom. The van der Waals surface area contributed by atoms with Crippen LogP contribution in [0.3, 0.4) is 0 Å². The Bertz CT molecular complexity index is 1480. The summed E-state index contributed by atoms with van der Waals surface area (Å²) in [6, 6.07) is 11.5. The van der Waals surface area contributed by atoms with Crippen molar-refractivity contribution < 1.29 is 22.7 Å². The number of nitrogens with one attached hydrogen (secondary N) is 2. The fourth-order valence-electron chi connectivity index (χ4n) is 4.04.